The van der Waals surface area contributed by atoms with Crippen molar-refractivity contribution in [1.82, 2.24) is 9.55 Å². The van der Waals surface area contributed by atoms with Gasteiger partial charge < -0.3 is 10.4 Å². The molecule has 198 valence electrons. The van der Waals surface area contributed by atoms with Gasteiger partial charge in [0, 0.05) is 29.1 Å². The Morgan fingerprint density at radius 1 is 0.974 bits per heavy atom. The number of rotatable bonds is 4. The third kappa shape index (κ3) is 6.22. The number of alkyl halides is 3. The van der Waals surface area contributed by atoms with Gasteiger partial charge in [0.25, 0.3) is 0 Å². The van der Waals surface area contributed by atoms with E-state index in [0.717, 1.165) is 52.3 Å². The number of aliphatic carboxylic acids is 1. The lowest BCUT2D eigenvalue weighted by Crippen LogP contribution is -2.21. The molecule has 0 radical (unpaired) electrons. The van der Waals surface area contributed by atoms with Crippen LogP contribution in [-0.4, -0.2) is 26.8 Å². The van der Waals surface area contributed by atoms with E-state index >= 15 is 0 Å². The highest BCUT2D eigenvalue weighted by Gasteiger charge is 2.38. The molecular weight excluding hydrogens is 495 g/mol. The first kappa shape index (κ1) is 26.9. The van der Waals surface area contributed by atoms with Crippen molar-refractivity contribution in [1.29, 1.82) is 0 Å². The van der Waals surface area contributed by atoms with Crippen LogP contribution in [0.5, 0.6) is 0 Å². The minimum absolute atomic E-state index is 0.0358. The molecule has 1 saturated carbocycles. The minimum Gasteiger partial charge on any atom is -0.475 e. The summed E-state index contributed by atoms with van der Waals surface area (Å²) >= 11 is 0. The summed E-state index contributed by atoms with van der Waals surface area (Å²) in [6.45, 7) is 2.03. The Labute approximate surface area is 217 Å². The van der Waals surface area contributed by atoms with E-state index in [4.69, 9.17) is 14.9 Å². The molecule has 9 heteroatoms. The molecular formula is C29H28F3N3O3. The Bertz CT molecular complexity index is 1460. The van der Waals surface area contributed by atoms with Crippen molar-refractivity contribution in [3.05, 3.63) is 94.4 Å². The fourth-order valence-corrected chi connectivity index (χ4v) is 4.79. The highest BCUT2D eigenvalue weighted by molar-refractivity contribution is 5.86. The van der Waals surface area contributed by atoms with E-state index in [2.05, 4.69) is 22.0 Å². The number of carbonyl (C=O) groups is 1. The number of hydrogen-bond acceptors (Lipinski definition) is 4. The number of hydrogen-bond donors (Lipinski definition) is 2. The van der Waals surface area contributed by atoms with E-state index in [0.29, 0.717) is 5.92 Å². The van der Waals surface area contributed by atoms with Crippen LogP contribution in [-0.2, 0) is 4.79 Å². The highest BCUT2D eigenvalue weighted by atomic mass is 19.4. The van der Waals surface area contributed by atoms with Crippen LogP contribution >= 0.6 is 0 Å². The Morgan fingerprint density at radius 2 is 1.55 bits per heavy atom. The lowest BCUT2D eigenvalue weighted by molar-refractivity contribution is -0.192. The van der Waals surface area contributed by atoms with Gasteiger partial charge in [-0.25, -0.2) is 4.79 Å². The van der Waals surface area contributed by atoms with Crippen LogP contribution in [0, 0.1) is 6.92 Å². The molecule has 0 aliphatic heterocycles. The predicted molar refractivity (Wildman–Crippen MR) is 141 cm³/mol. The summed E-state index contributed by atoms with van der Waals surface area (Å²) in [7, 11) is 0. The first-order valence-corrected chi connectivity index (χ1v) is 12.4. The van der Waals surface area contributed by atoms with Crippen LogP contribution in [0.15, 0.2) is 77.6 Å². The van der Waals surface area contributed by atoms with E-state index in [1.165, 1.54) is 19.3 Å². The van der Waals surface area contributed by atoms with Gasteiger partial charge in [-0.2, -0.15) is 13.2 Å². The van der Waals surface area contributed by atoms with E-state index in [1.54, 1.807) is 6.07 Å². The summed E-state index contributed by atoms with van der Waals surface area (Å²) < 4.78 is 33.9. The summed E-state index contributed by atoms with van der Waals surface area (Å²) in [6, 6.07) is 24.0. The second-order valence-electron chi connectivity index (χ2n) is 9.24. The summed E-state index contributed by atoms with van der Waals surface area (Å²) in [4.78, 5) is 27.3. The van der Waals surface area contributed by atoms with Crippen molar-refractivity contribution < 1.29 is 23.1 Å². The predicted octanol–water partition coefficient (Wildman–Crippen LogP) is 7.12. The van der Waals surface area contributed by atoms with Crippen LogP contribution in [0.3, 0.4) is 0 Å². The maximum absolute atomic E-state index is 13.5. The van der Waals surface area contributed by atoms with Crippen LogP contribution in [0.4, 0.5) is 24.7 Å². The van der Waals surface area contributed by atoms with Crippen molar-refractivity contribution >= 4 is 28.4 Å². The third-order valence-electron chi connectivity index (χ3n) is 6.45. The number of aryl methyl sites for hydroxylation is 1. The topological polar surface area (TPSA) is 84.2 Å². The number of carboxylic acids is 1. The standard InChI is InChI=1S/C27H27N3O.C2HF3O2/c1-19-17-23-26(27(28-19)20-11-5-2-6-12-20)24(31)18-25(29-21-13-7-3-8-14-21)30(23)22-15-9-4-10-16-22;3-2(4,5)1(6)7/h3-4,7-10,13-18,20,29H,2,5-6,11-12H2,1H3;(H,6,7). The van der Waals surface area contributed by atoms with E-state index in [9.17, 15) is 18.0 Å². The molecule has 2 N–H and O–H groups in total. The van der Waals surface area contributed by atoms with Gasteiger partial charge in [0.05, 0.1) is 16.6 Å². The number of benzene rings is 2. The zero-order chi connectivity index (χ0) is 27.3. The Hall–Kier alpha value is -4.14. The summed E-state index contributed by atoms with van der Waals surface area (Å²) in [5, 5.41) is 11.4. The van der Waals surface area contributed by atoms with Crippen molar-refractivity contribution in [3.63, 3.8) is 0 Å². The number of nitrogens with zero attached hydrogens (tertiary/aromatic N) is 2. The summed E-state index contributed by atoms with van der Waals surface area (Å²) in [5.41, 5.74) is 4.86. The fourth-order valence-electron chi connectivity index (χ4n) is 4.79. The SMILES string of the molecule is Cc1cc2c(c(C3CCCCC3)n1)c(=O)cc(Nc1ccccc1)n2-c1ccccc1.O=C(O)C(F)(F)F. The molecule has 2 aromatic heterocycles. The molecule has 4 aromatic rings. The van der Waals surface area contributed by atoms with E-state index in [-0.39, 0.29) is 5.43 Å². The maximum Gasteiger partial charge on any atom is 0.490 e. The molecule has 0 saturated heterocycles. The molecule has 0 bridgehead atoms. The van der Waals surface area contributed by atoms with Crippen molar-refractivity contribution in [2.24, 2.45) is 0 Å². The molecule has 38 heavy (non-hydrogen) atoms. The molecule has 5 rings (SSSR count). The van der Waals surface area contributed by atoms with Crippen LogP contribution in [0.2, 0.25) is 0 Å². The number of para-hydroxylation sites is 2. The molecule has 2 heterocycles. The van der Waals surface area contributed by atoms with Gasteiger partial charge in [-0.1, -0.05) is 55.7 Å². The largest absolute Gasteiger partial charge is 0.490 e. The molecule has 0 atom stereocenters. The van der Waals surface area contributed by atoms with Crippen LogP contribution in [0.25, 0.3) is 16.6 Å². The van der Waals surface area contributed by atoms with Crippen molar-refractivity contribution in [2.45, 2.75) is 51.1 Å². The first-order chi connectivity index (χ1) is 18.1. The fraction of sp³-hybridized carbons (Fsp3) is 0.276. The number of carboxylic acid groups (broad SMARTS) is 1. The Kier molecular flexibility index (Phi) is 8.14. The quantitative estimate of drug-likeness (QED) is 0.298. The zero-order valence-electron chi connectivity index (χ0n) is 20.8. The first-order valence-electron chi connectivity index (χ1n) is 12.4. The molecule has 1 fully saturated rings. The number of fused-ring (bicyclic) bond motifs is 1. The lowest BCUT2D eigenvalue weighted by atomic mass is 9.85. The number of halogens is 3. The van der Waals surface area contributed by atoms with Crippen LogP contribution in [0.1, 0.15) is 49.4 Å². The van der Waals surface area contributed by atoms with Gasteiger partial charge in [-0.05, 0) is 50.1 Å². The molecule has 0 spiro atoms. The normalized spacial score (nSPS) is 14.0. The van der Waals surface area contributed by atoms with Crippen LogP contribution < -0.4 is 10.7 Å². The lowest BCUT2D eigenvalue weighted by Gasteiger charge is -2.24. The van der Waals surface area contributed by atoms with Gasteiger partial charge in [0.15, 0.2) is 5.43 Å². The van der Waals surface area contributed by atoms with Gasteiger partial charge in [-0.3, -0.25) is 14.3 Å². The monoisotopic (exact) mass is 523 g/mol. The average molecular weight is 524 g/mol. The molecule has 2 aromatic carbocycles. The molecule has 0 amide bonds. The van der Waals surface area contributed by atoms with E-state index in [1.807, 2.05) is 61.5 Å². The van der Waals surface area contributed by atoms with Gasteiger partial charge in [0.2, 0.25) is 0 Å². The smallest absolute Gasteiger partial charge is 0.475 e. The number of pyridine rings is 2. The van der Waals surface area contributed by atoms with E-state index < -0.39 is 12.1 Å². The highest BCUT2D eigenvalue weighted by Crippen LogP contribution is 2.36. The Morgan fingerprint density at radius 3 is 2.13 bits per heavy atom. The molecule has 1 aliphatic rings. The maximum atomic E-state index is 13.5. The minimum atomic E-state index is -5.08. The number of nitrogens with one attached hydrogen (secondary N) is 1. The second kappa shape index (κ2) is 11.5. The van der Waals surface area contributed by atoms with Crippen molar-refractivity contribution in [2.75, 3.05) is 5.32 Å². The summed E-state index contributed by atoms with van der Waals surface area (Å²) in [5.74, 6) is -1.64. The number of aromatic nitrogens is 2. The zero-order valence-corrected chi connectivity index (χ0v) is 20.8. The average Bonchev–Trinajstić information content (AvgIpc) is 2.89. The molecule has 6 nitrogen and oxygen atoms in total. The van der Waals surface area contributed by atoms with Gasteiger partial charge >= 0.3 is 12.1 Å². The molecule has 1 aliphatic carbocycles. The Balaban J connectivity index is 0.000000426. The van der Waals surface area contributed by atoms with Crippen molar-refractivity contribution in [3.8, 4) is 5.69 Å². The van der Waals surface area contributed by atoms with Gasteiger partial charge in [0.1, 0.15) is 5.82 Å². The summed E-state index contributed by atoms with van der Waals surface area (Å²) in [6.07, 6.45) is 0.838. The van der Waals surface area contributed by atoms with Gasteiger partial charge in [-0.15, -0.1) is 0 Å². The second-order valence-corrected chi connectivity index (χ2v) is 9.24. The third-order valence-corrected chi connectivity index (χ3v) is 6.45. The molecule has 0 unspecified atom stereocenters. The number of anilines is 2.